The largest absolute Gasteiger partial charge is 0.462 e. The molecule has 4 nitrogen and oxygen atoms in total. The third-order valence-corrected chi connectivity index (χ3v) is 2.57. The molecule has 0 unspecified atom stereocenters. The third-order valence-electron chi connectivity index (χ3n) is 2.32. The van der Waals surface area contributed by atoms with Crippen molar-refractivity contribution in [3.8, 4) is 0 Å². The molecule has 0 spiro atoms. The number of hydrogen-bond donors (Lipinski definition) is 2. The van der Waals surface area contributed by atoms with Gasteiger partial charge in [0.15, 0.2) is 5.11 Å². The summed E-state index contributed by atoms with van der Waals surface area (Å²) in [6.07, 6.45) is 0. The van der Waals surface area contributed by atoms with Gasteiger partial charge in [-0.25, -0.2) is 4.79 Å². The maximum atomic E-state index is 11.6. The van der Waals surface area contributed by atoms with Crippen molar-refractivity contribution < 1.29 is 9.53 Å². The normalized spacial score (nSPS) is 9.72. The zero-order chi connectivity index (χ0) is 13.5. The number of aryl methyl sites for hydroxylation is 1. The number of benzene rings is 1. The smallest absolute Gasteiger partial charge is 0.338 e. The molecule has 2 N–H and O–H groups in total. The monoisotopic (exact) mass is 266 g/mol. The first-order chi connectivity index (χ1) is 8.58. The van der Waals surface area contributed by atoms with Gasteiger partial charge in [-0.1, -0.05) is 0 Å². The summed E-state index contributed by atoms with van der Waals surface area (Å²) in [7, 11) is 0. The maximum Gasteiger partial charge on any atom is 0.338 e. The van der Waals surface area contributed by atoms with Gasteiger partial charge in [-0.05, 0) is 56.8 Å². The van der Waals surface area contributed by atoms with Crippen molar-refractivity contribution in [3.05, 3.63) is 29.3 Å². The van der Waals surface area contributed by atoms with Gasteiger partial charge in [0.1, 0.15) is 0 Å². The van der Waals surface area contributed by atoms with Crippen LogP contribution in [0.5, 0.6) is 0 Å². The molecular weight excluding hydrogens is 248 g/mol. The van der Waals surface area contributed by atoms with Gasteiger partial charge in [-0.15, -0.1) is 0 Å². The summed E-state index contributed by atoms with van der Waals surface area (Å²) in [6, 6.07) is 5.34. The lowest BCUT2D eigenvalue weighted by Crippen LogP contribution is -2.28. The zero-order valence-electron chi connectivity index (χ0n) is 10.9. The molecule has 0 aromatic heterocycles. The topological polar surface area (TPSA) is 50.4 Å². The van der Waals surface area contributed by atoms with Crippen LogP contribution in [0.3, 0.4) is 0 Å². The molecule has 18 heavy (non-hydrogen) atoms. The quantitative estimate of drug-likeness (QED) is 0.647. The van der Waals surface area contributed by atoms with E-state index in [2.05, 4.69) is 10.6 Å². The minimum Gasteiger partial charge on any atom is -0.462 e. The molecule has 98 valence electrons. The number of thiocarbonyl (C=S) groups is 1. The Kier molecular flexibility index (Phi) is 5.58. The molecule has 0 fully saturated rings. The summed E-state index contributed by atoms with van der Waals surface area (Å²) in [5.74, 6) is -0.304. The van der Waals surface area contributed by atoms with E-state index >= 15 is 0 Å². The Morgan fingerprint density at radius 1 is 1.39 bits per heavy atom. The predicted molar refractivity (Wildman–Crippen MR) is 77.0 cm³/mol. The summed E-state index contributed by atoms with van der Waals surface area (Å²) in [5, 5.41) is 6.66. The van der Waals surface area contributed by atoms with E-state index in [4.69, 9.17) is 17.0 Å². The molecule has 0 aliphatic carbocycles. The average Bonchev–Trinajstić information content (AvgIpc) is 2.32. The van der Waals surface area contributed by atoms with Crippen LogP contribution in [0.4, 0.5) is 5.69 Å². The fraction of sp³-hybridized carbons (Fsp3) is 0.385. The van der Waals surface area contributed by atoms with Crippen molar-refractivity contribution in [1.29, 1.82) is 0 Å². The van der Waals surface area contributed by atoms with Gasteiger partial charge < -0.3 is 15.4 Å². The van der Waals surface area contributed by atoms with Crippen LogP contribution in [-0.4, -0.2) is 24.2 Å². The zero-order valence-corrected chi connectivity index (χ0v) is 11.7. The van der Waals surface area contributed by atoms with Crippen LogP contribution >= 0.6 is 12.2 Å². The van der Waals surface area contributed by atoms with Crippen LogP contribution in [0.1, 0.15) is 29.8 Å². The van der Waals surface area contributed by atoms with Crippen LogP contribution in [0.2, 0.25) is 0 Å². The number of carbonyl (C=O) groups excluding carboxylic acids is 1. The van der Waals surface area contributed by atoms with Crippen LogP contribution in [-0.2, 0) is 4.74 Å². The van der Waals surface area contributed by atoms with Crippen molar-refractivity contribution in [2.45, 2.75) is 20.8 Å². The van der Waals surface area contributed by atoms with Crippen LogP contribution in [0.15, 0.2) is 18.2 Å². The molecule has 1 aromatic rings. The molecule has 0 amide bonds. The highest BCUT2D eigenvalue weighted by Crippen LogP contribution is 2.17. The molecule has 0 heterocycles. The Hall–Kier alpha value is -1.62. The molecule has 0 saturated carbocycles. The number of ether oxygens (including phenoxy) is 1. The maximum absolute atomic E-state index is 11.6. The molecule has 0 saturated heterocycles. The van der Waals surface area contributed by atoms with Crippen LogP contribution < -0.4 is 10.6 Å². The Labute approximate surface area is 113 Å². The highest BCUT2D eigenvalue weighted by atomic mass is 32.1. The number of nitrogens with one attached hydrogen (secondary N) is 2. The van der Waals surface area contributed by atoms with E-state index in [0.29, 0.717) is 17.3 Å². The summed E-state index contributed by atoms with van der Waals surface area (Å²) < 4.78 is 4.94. The van der Waals surface area contributed by atoms with Crippen molar-refractivity contribution >= 4 is 29.0 Å². The molecule has 1 aromatic carbocycles. The van der Waals surface area contributed by atoms with E-state index < -0.39 is 0 Å². The lowest BCUT2D eigenvalue weighted by atomic mass is 10.1. The molecular formula is C13H18N2O2S. The van der Waals surface area contributed by atoms with Crippen LogP contribution in [0, 0.1) is 6.92 Å². The second kappa shape index (κ2) is 6.96. The summed E-state index contributed by atoms with van der Waals surface area (Å²) in [4.78, 5) is 11.6. The number of esters is 1. The van der Waals surface area contributed by atoms with E-state index in [1.807, 2.05) is 19.9 Å². The lowest BCUT2D eigenvalue weighted by molar-refractivity contribution is 0.0526. The van der Waals surface area contributed by atoms with Gasteiger partial charge in [0, 0.05) is 12.2 Å². The van der Waals surface area contributed by atoms with Gasteiger partial charge in [0.25, 0.3) is 0 Å². The summed E-state index contributed by atoms with van der Waals surface area (Å²) in [6.45, 7) is 6.83. The highest BCUT2D eigenvalue weighted by molar-refractivity contribution is 7.80. The average molecular weight is 266 g/mol. The lowest BCUT2D eigenvalue weighted by Gasteiger charge is -2.12. The minimum absolute atomic E-state index is 0.304. The second-order valence-electron chi connectivity index (χ2n) is 3.73. The van der Waals surface area contributed by atoms with Gasteiger partial charge in [-0.3, -0.25) is 0 Å². The molecule has 0 radical (unpaired) electrons. The first kappa shape index (κ1) is 14.4. The van der Waals surface area contributed by atoms with E-state index in [-0.39, 0.29) is 5.97 Å². The van der Waals surface area contributed by atoms with Gasteiger partial charge in [0.2, 0.25) is 0 Å². The van der Waals surface area contributed by atoms with E-state index in [0.717, 1.165) is 17.8 Å². The minimum atomic E-state index is -0.304. The van der Waals surface area contributed by atoms with Crippen molar-refractivity contribution in [2.24, 2.45) is 0 Å². The van der Waals surface area contributed by atoms with Crippen LogP contribution in [0.25, 0.3) is 0 Å². The SMILES string of the molecule is CCNC(=S)Nc1ccc(C(=O)OCC)cc1C. The Bertz CT molecular complexity index is 447. The first-order valence-corrected chi connectivity index (χ1v) is 6.32. The summed E-state index contributed by atoms with van der Waals surface area (Å²) >= 11 is 5.11. The predicted octanol–water partition coefficient (Wildman–Crippen LogP) is 2.48. The Balaban J connectivity index is 2.79. The highest BCUT2D eigenvalue weighted by Gasteiger charge is 2.08. The van der Waals surface area contributed by atoms with Crippen molar-refractivity contribution in [3.63, 3.8) is 0 Å². The molecule has 5 heteroatoms. The third kappa shape index (κ3) is 4.00. The molecule has 0 aliphatic rings. The number of anilines is 1. The van der Waals surface area contributed by atoms with Crippen molar-refractivity contribution in [2.75, 3.05) is 18.5 Å². The van der Waals surface area contributed by atoms with Gasteiger partial charge in [0.05, 0.1) is 12.2 Å². The Morgan fingerprint density at radius 3 is 2.67 bits per heavy atom. The number of carbonyl (C=O) groups is 1. The molecule has 0 atom stereocenters. The van der Waals surface area contributed by atoms with Gasteiger partial charge >= 0.3 is 5.97 Å². The fourth-order valence-electron chi connectivity index (χ4n) is 1.47. The van der Waals surface area contributed by atoms with E-state index in [1.54, 1.807) is 19.1 Å². The second-order valence-corrected chi connectivity index (χ2v) is 4.14. The molecule has 0 aliphatic heterocycles. The van der Waals surface area contributed by atoms with E-state index in [9.17, 15) is 4.79 Å². The fourth-order valence-corrected chi connectivity index (χ4v) is 1.73. The molecule has 1 rings (SSSR count). The molecule has 0 bridgehead atoms. The number of rotatable bonds is 4. The van der Waals surface area contributed by atoms with Crippen molar-refractivity contribution in [1.82, 2.24) is 5.32 Å². The number of hydrogen-bond acceptors (Lipinski definition) is 3. The van der Waals surface area contributed by atoms with E-state index in [1.165, 1.54) is 0 Å². The Morgan fingerprint density at radius 2 is 2.11 bits per heavy atom. The first-order valence-electron chi connectivity index (χ1n) is 5.91. The standard InChI is InChI=1S/C13H18N2O2S/c1-4-14-13(18)15-11-7-6-10(8-9(11)3)12(16)17-5-2/h6-8H,4-5H2,1-3H3,(H2,14,15,18). The summed E-state index contributed by atoms with van der Waals surface area (Å²) in [5.41, 5.74) is 2.38. The van der Waals surface area contributed by atoms with Gasteiger partial charge in [-0.2, -0.15) is 0 Å².